The first kappa shape index (κ1) is 10.4. The Morgan fingerprint density at radius 1 is 1.56 bits per heavy atom. The molecule has 1 N–H and O–H groups in total. The number of pyridine rings is 1. The third-order valence-corrected chi connectivity index (χ3v) is 4.16. The van der Waals surface area contributed by atoms with Crippen molar-refractivity contribution in [2.24, 2.45) is 5.92 Å². The molecule has 1 aromatic heterocycles. The van der Waals surface area contributed by atoms with Crippen molar-refractivity contribution in [3.63, 3.8) is 0 Å². The average Bonchev–Trinajstić information content (AvgIpc) is 2.28. The van der Waals surface area contributed by atoms with E-state index in [1.54, 1.807) is 0 Å². The summed E-state index contributed by atoms with van der Waals surface area (Å²) in [4.78, 5) is 7.03. The van der Waals surface area contributed by atoms with Gasteiger partial charge in [0.25, 0.3) is 0 Å². The van der Waals surface area contributed by atoms with E-state index in [4.69, 9.17) is 0 Å². The number of aromatic nitrogens is 1. The number of nitrogens with one attached hydrogen (secondary N) is 1. The van der Waals surface area contributed by atoms with Crippen LogP contribution in [0.15, 0.2) is 16.7 Å². The Morgan fingerprint density at radius 3 is 3.31 bits per heavy atom. The van der Waals surface area contributed by atoms with E-state index in [0.29, 0.717) is 6.04 Å². The molecule has 2 aliphatic heterocycles. The molecule has 0 spiro atoms. The van der Waals surface area contributed by atoms with E-state index in [0.717, 1.165) is 29.3 Å². The lowest BCUT2D eigenvalue weighted by atomic mass is 9.89. The van der Waals surface area contributed by atoms with Crippen LogP contribution in [0.4, 0.5) is 11.5 Å². The number of nitrogens with zero attached hydrogens (tertiary/aromatic N) is 2. The summed E-state index contributed by atoms with van der Waals surface area (Å²) in [5.74, 6) is 1.89. The molecule has 0 bridgehead atoms. The number of rotatable bonds is 0. The van der Waals surface area contributed by atoms with Gasteiger partial charge >= 0.3 is 0 Å². The Morgan fingerprint density at radius 2 is 2.44 bits per heavy atom. The highest BCUT2D eigenvalue weighted by molar-refractivity contribution is 9.10. The van der Waals surface area contributed by atoms with Crippen LogP contribution in [0.5, 0.6) is 0 Å². The van der Waals surface area contributed by atoms with Gasteiger partial charge in [0, 0.05) is 23.8 Å². The predicted octanol–water partition coefficient (Wildman–Crippen LogP) is 2.87. The topological polar surface area (TPSA) is 28.2 Å². The van der Waals surface area contributed by atoms with E-state index in [2.05, 4.69) is 44.1 Å². The van der Waals surface area contributed by atoms with Crippen LogP contribution in [0.3, 0.4) is 0 Å². The second-order valence-electron chi connectivity index (χ2n) is 4.79. The van der Waals surface area contributed by atoms with Crippen LogP contribution in [-0.4, -0.2) is 24.1 Å². The van der Waals surface area contributed by atoms with Crippen molar-refractivity contribution in [2.45, 2.75) is 25.8 Å². The molecule has 86 valence electrons. The summed E-state index contributed by atoms with van der Waals surface area (Å²) in [7, 11) is 0. The SMILES string of the molecule is CC1CCCN2c3ncc(Br)cc3NCC12. The molecule has 1 aromatic rings. The van der Waals surface area contributed by atoms with Crippen molar-refractivity contribution in [1.82, 2.24) is 4.98 Å². The molecule has 1 fully saturated rings. The molecule has 2 unspecified atom stereocenters. The normalized spacial score (nSPS) is 28.0. The molecule has 16 heavy (non-hydrogen) atoms. The molecule has 2 aliphatic rings. The molecule has 0 aromatic carbocycles. The van der Waals surface area contributed by atoms with Gasteiger partial charge in [-0.3, -0.25) is 0 Å². The van der Waals surface area contributed by atoms with E-state index >= 15 is 0 Å². The number of piperidine rings is 1. The standard InChI is InChI=1S/C12H16BrN3/c1-8-3-2-4-16-11(8)7-14-10-5-9(13)6-15-12(10)16/h5-6,8,11,14H,2-4,7H2,1H3. The van der Waals surface area contributed by atoms with Crippen molar-refractivity contribution in [3.8, 4) is 0 Å². The number of fused-ring (bicyclic) bond motifs is 3. The van der Waals surface area contributed by atoms with E-state index in [1.807, 2.05) is 6.20 Å². The Bertz CT molecular complexity index is 407. The van der Waals surface area contributed by atoms with Gasteiger partial charge in [-0.2, -0.15) is 0 Å². The van der Waals surface area contributed by atoms with Crippen molar-refractivity contribution < 1.29 is 0 Å². The minimum atomic E-state index is 0.620. The van der Waals surface area contributed by atoms with Gasteiger partial charge in [0.05, 0.1) is 11.7 Å². The van der Waals surface area contributed by atoms with Crippen LogP contribution >= 0.6 is 15.9 Å². The van der Waals surface area contributed by atoms with Crippen molar-refractivity contribution in [2.75, 3.05) is 23.3 Å². The van der Waals surface area contributed by atoms with Gasteiger partial charge in [0.2, 0.25) is 0 Å². The lowest BCUT2D eigenvalue weighted by molar-refractivity contribution is 0.348. The molecule has 3 nitrogen and oxygen atoms in total. The highest BCUT2D eigenvalue weighted by Gasteiger charge is 2.33. The molecule has 0 radical (unpaired) electrons. The van der Waals surface area contributed by atoms with Crippen molar-refractivity contribution in [1.29, 1.82) is 0 Å². The first-order chi connectivity index (χ1) is 7.75. The molecular formula is C12H16BrN3. The molecule has 0 amide bonds. The zero-order chi connectivity index (χ0) is 11.1. The Hall–Kier alpha value is -0.770. The summed E-state index contributed by atoms with van der Waals surface area (Å²) < 4.78 is 1.04. The van der Waals surface area contributed by atoms with E-state index < -0.39 is 0 Å². The van der Waals surface area contributed by atoms with Crippen LogP contribution in [0.2, 0.25) is 0 Å². The van der Waals surface area contributed by atoms with Gasteiger partial charge in [-0.15, -0.1) is 0 Å². The summed E-state index contributed by atoms with van der Waals surface area (Å²) in [5, 5.41) is 3.50. The lowest BCUT2D eigenvalue weighted by Gasteiger charge is -2.44. The summed E-state index contributed by atoms with van der Waals surface area (Å²) in [6.07, 6.45) is 4.52. The molecule has 4 heteroatoms. The average molecular weight is 282 g/mol. The van der Waals surface area contributed by atoms with Crippen LogP contribution in [0.1, 0.15) is 19.8 Å². The highest BCUT2D eigenvalue weighted by Crippen LogP contribution is 2.36. The molecule has 1 saturated heterocycles. The van der Waals surface area contributed by atoms with E-state index in [1.165, 1.54) is 18.5 Å². The predicted molar refractivity (Wildman–Crippen MR) is 70.0 cm³/mol. The Balaban J connectivity index is 1.99. The van der Waals surface area contributed by atoms with Gasteiger partial charge in [-0.1, -0.05) is 6.92 Å². The third kappa shape index (κ3) is 1.59. The minimum Gasteiger partial charge on any atom is -0.380 e. The van der Waals surface area contributed by atoms with Crippen molar-refractivity contribution >= 4 is 27.4 Å². The largest absolute Gasteiger partial charge is 0.380 e. The highest BCUT2D eigenvalue weighted by atomic mass is 79.9. The zero-order valence-electron chi connectivity index (χ0n) is 9.41. The van der Waals surface area contributed by atoms with Gasteiger partial charge in [-0.25, -0.2) is 4.98 Å². The maximum absolute atomic E-state index is 4.55. The quantitative estimate of drug-likeness (QED) is 0.793. The molecule has 0 aliphatic carbocycles. The molecule has 3 rings (SSSR count). The van der Waals surface area contributed by atoms with Crippen LogP contribution in [0.25, 0.3) is 0 Å². The first-order valence-corrected chi connectivity index (χ1v) is 6.71. The zero-order valence-corrected chi connectivity index (χ0v) is 11.0. The van der Waals surface area contributed by atoms with Gasteiger partial charge < -0.3 is 10.2 Å². The summed E-state index contributed by atoms with van der Waals surface area (Å²) in [6.45, 7) is 4.55. The minimum absolute atomic E-state index is 0.620. The van der Waals surface area contributed by atoms with Crippen LogP contribution in [0, 0.1) is 5.92 Å². The number of halogens is 1. The summed E-state index contributed by atoms with van der Waals surface area (Å²) in [6, 6.07) is 2.74. The Kier molecular flexibility index (Phi) is 2.54. The first-order valence-electron chi connectivity index (χ1n) is 5.92. The fourth-order valence-electron chi connectivity index (χ4n) is 2.83. The van der Waals surface area contributed by atoms with Gasteiger partial charge in [-0.05, 0) is 40.8 Å². The van der Waals surface area contributed by atoms with Gasteiger partial charge in [0.15, 0.2) is 5.82 Å². The Labute approximate surface area is 104 Å². The maximum Gasteiger partial charge on any atom is 0.152 e. The summed E-state index contributed by atoms with van der Waals surface area (Å²) in [5.41, 5.74) is 1.17. The second-order valence-corrected chi connectivity index (χ2v) is 5.70. The monoisotopic (exact) mass is 281 g/mol. The maximum atomic E-state index is 4.55. The molecular weight excluding hydrogens is 266 g/mol. The molecule has 0 saturated carbocycles. The number of anilines is 2. The number of hydrogen-bond acceptors (Lipinski definition) is 3. The van der Waals surface area contributed by atoms with Crippen LogP contribution < -0.4 is 10.2 Å². The van der Waals surface area contributed by atoms with E-state index in [-0.39, 0.29) is 0 Å². The lowest BCUT2D eigenvalue weighted by Crippen LogP contribution is -2.51. The molecule has 3 heterocycles. The fraction of sp³-hybridized carbons (Fsp3) is 0.583. The van der Waals surface area contributed by atoms with E-state index in [9.17, 15) is 0 Å². The molecule has 2 atom stereocenters. The smallest absolute Gasteiger partial charge is 0.152 e. The number of hydrogen-bond donors (Lipinski definition) is 1. The van der Waals surface area contributed by atoms with Crippen molar-refractivity contribution in [3.05, 3.63) is 16.7 Å². The van der Waals surface area contributed by atoms with Gasteiger partial charge in [0.1, 0.15) is 0 Å². The van der Waals surface area contributed by atoms with Crippen LogP contribution in [-0.2, 0) is 0 Å². The summed E-state index contributed by atoms with van der Waals surface area (Å²) >= 11 is 3.47. The third-order valence-electron chi connectivity index (χ3n) is 3.72. The fourth-order valence-corrected chi connectivity index (χ4v) is 3.16. The second kappa shape index (κ2) is 3.91.